The minimum atomic E-state index is -0.385. The summed E-state index contributed by atoms with van der Waals surface area (Å²) in [5, 5.41) is 6.06. The Balaban J connectivity index is 1.21. The van der Waals surface area contributed by atoms with E-state index in [2.05, 4.69) is 37.6 Å². The zero-order valence-electron chi connectivity index (χ0n) is 19.7. The van der Waals surface area contributed by atoms with E-state index < -0.39 is 0 Å². The lowest BCUT2D eigenvalue weighted by atomic mass is 10.1. The first-order valence-electron chi connectivity index (χ1n) is 11.8. The van der Waals surface area contributed by atoms with Crippen molar-refractivity contribution < 1.29 is 13.9 Å². The lowest BCUT2D eigenvalue weighted by Crippen LogP contribution is -2.36. The summed E-state index contributed by atoms with van der Waals surface area (Å²) in [5.41, 5.74) is 4.70. The van der Waals surface area contributed by atoms with Crippen molar-refractivity contribution in [2.24, 2.45) is 0 Å². The van der Waals surface area contributed by atoms with E-state index in [1.54, 1.807) is 36.5 Å². The van der Waals surface area contributed by atoms with Crippen molar-refractivity contribution in [3.63, 3.8) is 0 Å². The van der Waals surface area contributed by atoms with Gasteiger partial charge in [-0.2, -0.15) is 0 Å². The number of benzene rings is 3. The number of rotatable bonds is 7. The Bertz CT molecular complexity index is 1320. The number of aromatic nitrogens is 2. The molecular weight excluding hydrogens is 457 g/mol. The van der Waals surface area contributed by atoms with E-state index >= 15 is 0 Å². The van der Waals surface area contributed by atoms with Gasteiger partial charge in [0.2, 0.25) is 11.9 Å². The van der Waals surface area contributed by atoms with Gasteiger partial charge in [0.25, 0.3) is 0 Å². The topological polar surface area (TPSA) is 79.4 Å². The van der Waals surface area contributed by atoms with Gasteiger partial charge in [-0.15, -0.1) is 0 Å². The van der Waals surface area contributed by atoms with Crippen LogP contribution in [0.15, 0.2) is 85.1 Å². The molecule has 1 aliphatic heterocycles. The molecule has 0 spiro atoms. The van der Waals surface area contributed by atoms with Crippen LogP contribution in [0.25, 0.3) is 11.3 Å². The van der Waals surface area contributed by atoms with Crippen molar-refractivity contribution in [2.45, 2.75) is 6.42 Å². The summed E-state index contributed by atoms with van der Waals surface area (Å²) in [6.07, 6.45) is 1.68. The first-order valence-corrected chi connectivity index (χ1v) is 11.8. The van der Waals surface area contributed by atoms with Crippen LogP contribution in [0, 0.1) is 5.82 Å². The van der Waals surface area contributed by atoms with Gasteiger partial charge in [0, 0.05) is 41.9 Å². The molecule has 1 fully saturated rings. The fraction of sp³-hybridized carbons (Fsp3) is 0.179. The molecule has 1 aliphatic rings. The van der Waals surface area contributed by atoms with Crippen molar-refractivity contribution in [1.29, 1.82) is 0 Å². The van der Waals surface area contributed by atoms with Gasteiger partial charge in [0.05, 0.1) is 25.3 Å². The largest absolute Gasteiger partial charge is 0.378 e. The summed E-state index contributed by atoms with van der Waals surface area (Å²) in [4.78, 5) is 23.6. The predicted molar refractivity (Wildman–Crippen MR) is 139 cm³/mol. The molecule has 3 aromatic carbocycles. The van der Waals surface area contributed by atoms with Crippen LogP contribution in [0.1, 0.15) is 5.56 Å². The normalized spacial score (nSPS) is 13.3. The Kier molecular flexibility index (Phi) is 7.14. The Morgan fingerprint density at radius 1 is 0.917 bits per heavy atom. The van der Waals surface area contributed by atoms with Gasteiger partial charge in [-0.3, -0.25) is 4.79 Å². The molecule has 0 atom stereocenters. The number of nitrogens with one attached hydrogen (secondary N) is 2. The van der Waals surface area contributed by atoms with Crippen molar-refractivity contribution in [2.75, 3.05) is 41.8 Å². The molecule has 0 aliphatic carbocycles. The lowest BCUT2D eigenvalue weighted by molar-refractivity contribution is -0.115. The van der Waals surface area contributed by atoms with Crippen molar-refractivity contribution >= 4 is 28.9 Å². The molecule has 0 radical (unpaired) electrons. The third-order valence-corrected chi connectivity index (χ3v) is 5.93. The Labute approximate surface area is 209 Å². The average molecular weight is 484 g/mol. The highest BCUT2D eigenvalue weighted by Crippen LogP contribution is 2.23. The summed E-state index contributed by atoms with van der Waals surface area (Å²) in [6, 6.07) is 23.6. The van der Waals surface area contributed by atoms with Crippen LogP contribution in [0.3, 0.4) is 0 Å². The number of carbonyl (C=O) groups excluding carboxylic acids is 1. The predicted octanol–water partition coefficient (Wildman–Crippen LogP) is 5.04. The van der Waals surface area contributed by atoms with E-state index in [0.717, 1.165) is 43.2 Å². The molecule has 2 heterocycles. The third-order valence-electron chi connectivity index (χ3n) is 5.93. The van der Waals surface area contributed by atoms with E-state index in [-0.39, 0.29) is 18.1 Å². The highest BCUT2D eigenvalue weighted by Gasteiger charge is 2.11. The summed E-state index contributed by atoms with van der Waals surface area (Å²) < 4.78 is 19.2. The maximum atomic E-state index is 13.8. The average Bonchev–Trinajstić information content (AvgIpc) is 2.91. The minimum absolute atomic E-state index is 0.0250. The Morgan fingerprint density at radius 3 is 2.39 bits per heavy atom. The lowest BCUT2D eigenvalue weighted by Gasteiger charge is -2.28. The number of morpholine rings is 1. The van der Waals surface area contributed by atoms with Crippen molar-refractivity contribution in [3.05, 3.63) is 96.4 Å². The quantitative estimate of drug-likeness (QED) is 0.383. The highest BCUT2D eigenvalue weighted by molar-refractivity contribution is 5.92. The molecule has 36 heavy (non-hydrogen) atoms. The van der Waals surface area contributed by atoms with Gasteiger partial charge in [-0.25, -0.2) is 14.4 Å². The van der Waals surface area contributed by atoms with E-state index in [1.165, 1.54) is 11.8 Å². The smallest absolute Gasteiger partial charge is 0.228 e. The molecule has 0 unspecified atom stereocenters. The zero-order chi connectivity index (χ0) is 24.7. The van der Waals surface area contributed by atoms with E-state index in [1.807, 2.05) is 30.3 Å². The molecule has 0 saturated carbocycles. The van der Waals surface area contributed by atoms with Crippen molar-refractivity contribution in [1.82, 2.24) is 9.97 Å². The third kappa shape index (κ3) is 5.84. The van der Waals surface area contributed by atoms with Gasteiger partial charge < -0.3 is 20.3 Å². The molecule has 1 amide bonds. The van der Waals surface area contributed by atoms with Crippen LogP contribution in [-0.4, -0.2) is 42.2 Å². The molecule has 5 rings (SSSR count). The van der Waals surface area contributed by atoms with Gasteiger partial charge in [-0.1, -0.05) is 30.3 Å². The standard InChI is InChI=1S/C28H26FN5O2/c29-25-4-2-1-3-21(25)19-27(35)31-22-7-5-20(6-8-22)26-13-14-30-28(33-26)32-23-9-11-24(12-10-23)34-15-17-36-18-16-34/h1-14H,15-19H2,(H,31,35)(H,30,32,33). The molecular formula is C28H26FN5O2. The number of halogens is 1. The molecule has 1 saturated heterocycles. The van der Waals surface area contributed by atoms with Crippen LogP contribution < -0.4 is 15.5 Å². The summed E-state index contributed by atoms with van der Waals surface area (Å²) in [6.45, 7) is 3.29. The Morgan fingerprint density at radius 2 is 1.64 bits per heavy atom. The van der Waals surface area contributed by atoms with Gasteiger partial charge >= 0.3 is 0 Å². The maximum absolute atomic E-state index is 13.8. The summed E-state index contributed by atoms with van der Waals surface area (Å²) in [5.74, 6) is -0.167. The molecule has 182 valence electrons. The van der Waals surface area contributed by atoms with Gasteiger partial charge in [-0.05, 0) is 54.1 Å². The number of ether oxygens (including phenoxy) is 1. The van der Waals surface area contributed by atoms with Crippen LogP contribution in [0.5, 0.6) is 0 Å². The second-order valence-electron chi connectivity index (χ2n) is 8.43. The fourth-order valence-electron chi connectivity index (χ4n) is 4.03. The van der Waals surface area contributed by atoms with Gasteiger partial charge in [0.15, 0.2) is 0 Å². The number of hydrogen-bond donors (Lipinski definition) is 2. The van der Waals surface area contributed by atoms with Crippen molar-refractivity contribution in [3.8, 4) is 11.3 Å². The molecule has 1 aromatic heterocycles. The number of carbonyl (C=O) groups is 1. The van der Waals surface area contributed by atoms with Crippen LogP contribution in [0.4, 0.5) is 27.4 Å². The van der Waals surface area contributed by atoms with Crippen LogP contribution in [0.2, 0.25) is 0 Å². The van der Waals surface area contributed by atoms with E-state index in [0.29, 0.717) is 17.2 Å². The maximum Gasteiger partial charge on any atom is 0.228 e. The van der Waals surface area contributed by atoms with E-state index in [4.69, 9.17) is 4.74 Å². The molecule has 4 aromatic rings. The number of hydrogen-bond acceptors (Lipinski definition) is 6. The molecule has 8 heteroatoms. The zero-order valence-corrected chi connectivity index (χ0v) is 19.7. The van der Waals surface area contributed by atoms with Crippen LogP contribution in [-0.2, 0) is 16.0 Å². The molecule has 7 nitrogen and oxygen atoms in total. The summed E-state index contributed by atoms with van der Waals surface area (Å²) >= 11 is 0. The molecule has 2 N–H and O–H groups in total. The first kappa shape index (κ1) is 23.4. The summed E-state index contributed by atoms with van der Waals surface area (Å²) in [7, 11) is 0. The van der Waals surface area contributed by atoms with E-state index in [9.17, 15) is 9.18 Å². The van der Waals surface area contributed by atoms with Crippen LogP contribution >= 0.6 is 0 Å². The fourth-order valence-corrected chi connectivity index (χ4v) is 4.03. The number of nitrogens with zero attached hydrogens (tertiary/aromatic N) is 3. The number of anilines is 4. The second-order valence-corrected chi connectivity index (χ2v) is 8.43. The first-order chi connectivity index (χ1) is 17.6. The number of amides is 1. The highest BCUT2D eigenvalue weighted by atomic mass is 19.1. The SMILES string of the molecule is O=C(Cc1ccccc1F)Nc1ccc(-c2ccnc(Nc3ccc(N4CCOCC4)cc3)n2)cc1. The monoisotopic (exact) mass is 483 g/mol. The Hall–Kier alpha value is -4.30. The second kappa shape index (κ2) is 11.0. The molecule has 0 bridgehead atoms. The van der Waals surface area contributed by atoms with Gasteiger partial charge in [0.1, 0.15) is 5.82 Å². The minimum Gasteiger partial charge on any atom is -0.378 e.